The molecule has 8 heteroatoms. The molecule has 2 aromatic rings. The fraction of sp³-hybridized carbons (Fsp3) is 0.263. The summed E-state index contributed by atoms with van der Waals surface area (Å²) in [5.41, 5.74) is 1.22. The van der Waals surface area contributed by atoms with E-state index in [-0.39, 0.29) is 33.8 Å². The number of benzene rings is 2. The van der Waals surface area contributed by atoms with E-state index in [0.29, 0.717) is 13.1 Å². The zero-order chi connectivity index (χ0) is 19.6. The van der Waals surface area contributed by atoms with Crippen molar-refractivity contribution in [2.75, 3.05) is 18.1 Å². The molecule has 1 fully saturated rings. The lowest BCUT2D eigenvalue weighted by Gasteiger charge is -2.17. The van der Waals surface area contributed by atoms with Crippen molar-refractivity contribution in [2.45, 2.75) is 17.9 Å². The minimum absolute atomic E-state index is 0.0652. The van der Waals surface area contributed by atoms with E-state index in [4.69, 9.17) is 11.6 Å². The standard InChI is InChI=1S/C19H19ClN2O4S/c1-27(25,26)15-7-8-16(20)17(10-15)21-19(24)14-9-18(23)22(12-14)11-13-5-3-2-4-6-13/h2-8,10,14H,9,11-12H2,1H3,(H,21,24)/t14-/m1/s1. The van der Waals surface area contributed by atoms with Gasteiger partial charge in [0.15, 0.2) is 9.84 Å². The molecule has 0 bridgehead atoms. The molecule has 0 aliphatic carbocycles. The molecule has 0 radical (unpaired) electrons. The minimum Gasteiger partial charge on any atom is -0.338 e. The van der Waals surface area contributed by atoms with E-state index in [1.807, 2.05) is 30.3 Å². The van der Waals surface area contributed by atoms with Crippen molar-refractivity contribution in [3.63, 3.8) is 0 Å². The number of amides is 2. The normalized spacial score (nSPS) is 17.2. The van der Waals surface area contributed by atoms with Gasteiger partial charge in [-0.25, -0.2) is 8.42 Å². The van der Waals surface area contributed by atoms with Gasteiger partial charge in [-0.2, -0.15) is 0 Å². The summed E-state index contributed by atoms with van der Waals surface area (Å²) in [5, 5.41) is 2.89. The van der Waals surface area contributed by atoms with Gasteiger partial charge in [-0.3, -0.25) is 9.59 Å². The van der Waals surface area contributed by atoms with E-state index < -0.39 is 15.8 Å². The van der Waals surface area contributed by atoms with Gasteiger partial charge < -0.3 is 10.2 Å². The fourth-order valence-corrected chi connectivity index (χ4v) is 3.78. The number of hydrogen-bond acceptors (Lipinski definition) is 4. The second-order valence-electron chi connectivity index (χ2n) is 6.56. The first kappa shape index (κ1) is 19.4. The molecular formula is C19H19ClN2O4S. The van der Waals surface area contributed by atoms with Crippen molar-refractivity contribution in [3.8, 4) is 0 Å². The van der Waals surface area contributed by atoms with Crippen LogP contribution in [0.15, 0.2) is 53.4 Å². The first-order chi connectivity index (χ1) is 12.7. The summed E-state index contributed by atoms with van der Waals surface area (Å²) < 4.78 is 23.4. The van der Waals surface area contributed by atoms with E-state index >= 15 is 0 Å². The molecule has 1 heterocycles. The summed E-state index contributed by atoms with van der Waals surface area (Å²) in [6.45, 7) is 0.761. The Labute approximate surface area is 163 Å². The Balaban J connectivity index is 1.70. The minimum atomic E-state index is -3.42. The molecule has 1 aliphatic heterocycles. The first-order valence-electron chi connectivity index (χ1n) is 8.36. The quantitative estimate of drug-likeness (QED) is 0.827. The molecule has 2 aromatic carbocycles. The Morgan fingerprint density at radius 3 is 2.59 bits per heavy atom. The summed E-state index contributed by atoms with van der Waals surface area (Å²) in [5.74, 6) is -0.958. The number of nitrogens with one attached hydrogen (secondary N) is 1. The maximum absolute atomic E-state index is 12.6. The number of carbonyl (C=O) groups excluding carboxylic acids is 2. The predicted molar refractivity (Wildman–Crippen MR) is 103 cm³/mol. The monoisotopic (exact) mass is 406 g/mol. The first-order valence-corrected chi connectivity index (χ1v) is 10.6. The average Bonchev–Trinajstić information content (AvgIpc) is 2.97. The van der Waals surface area contributed by atoms with Crippen molar-refractivity contribution >= 4 is 38.9 Å². The largest absolute Gasteiger partial charge is 0.338 e. The number of anilines is 1. The number of sulfone groups is 1. The van der Waals surface area contributed by atoms with Gasteiger partial charge in [0.25, 0.3) is 0 Å². The Hall–Kier alpha value is -2.38. The van der Waals surface area contributed by atoms with E-state index in [1.54, 1.807) is 4.90 Å². The highest BCUT2D eigenvalue weighted by Gasteiger charge is 2.34. The molecule has 27 heavy (non-hydrogen) atoms. The lowest BCUT2D eigenvalue weighted by atomic mass is 10.1. The van der Waals surface area contributed by atoms with Crippen LogP contribution in [-0.2, 0) is 26.0 Å². The van der Waals surface area contributed by atoms with Gasteiger partial charge in [-0.1, -0.05) is 41.9 Å². The smallest absolute Gasteiger partial charge is 0.229 e. The number of halogens is 1. The summed E-state index contributed by atoms with van der Waals surface area (Å²) in [6, 6.07) is 13.7. The zero-order valence-corrected chi connectivity index (χ0v) is 16.3. The summed E-state index contributed by atoms with van der Waals surface area (Å²) >= 11 is 6.07. The third-order valence-corrected chi connectivity index (χ3v) is 5.87. The van der Waals surface area contributed by atoms with Crippen LogP contribution in [-0.4, -0.2) is 37.9 Å². The Kier molecular flexibility index (Phi) is 5.53. The number of likely N-dealkylation sites (tertiary alicyclic amines) is 1. The van der Waals surface area contributed by atoms with Crippen molar-refractivity contribution in [2.24, 2.45) is 5.92 Å². The predicted octanol–water partition coefficient (Wildman–Crippen LogP) is 2.73. The van der Waals surface area contributed by atoms with Crippen molar-refractivity contribution in [3.05, 3.63) is 59.1 Å². The van der Waals surface area contributed by atoms with Crippen molar-refractivity contribution in [1.29, 1.82) is 0 Å². The Morgan fingerprint density at radius 2 is 1.93 bits per heavy atom. The molecule has 2 amide bonds. The van der Waals surface area contributed by atoms with Gasteiger partial charge >= 0.3 is 0 Å². The van der Waals surface area contributed by atoms with Crippen LogP contribution in [0.25, 0.3) is 0 Å². The van der Waals surface area contributed by atoms with E-state index in [1.165, 1.54) is 18.2 Å². The molecular weight excluding hydrogens is 388 g/mol. The number of nitrogens with zero attached hydrogens (tertiary/aromatic N) is 1. The maximum Gasteiger partial charge on any atom is 0.229 e. The lowest BCUT2D eigenvalue weighted by Crippen LogP contribution is -2.28. The molecule has 1 aliphatic rings. The van der Waals surface area contributed by atoms with Crippen LogP contribution in [0.4, 0.5) is 5.69 Å². The highest BCUT2D eigenvalue weighted by Crippen LogP contribution is 2.27. The van der Waals surface area contributed by atoms with Crippen LogP contribution in [0.5, 0.6) is 0 Å². The van der Waals surface area contributed by atoms with E-state index in [0.717, 1.165) is 11.8 Å². The fourth-order valence-electron chi connectivity index (χ4n) is 2.97. The van der Waals surface area contributed by atoms with Crippen LogP contribution in [0.1, 0.15) is 12.0 Å². The zero-order valence-electron chi connectivity index (χ0n) is 14.7. The van der Waals surface area contributed by atoms with Gasteiger partial charge in [0.2, 0.25) is 11.8 Å². The van der Waals surface area contributed by atoms with Gasteiger partial charge in [0.1, 0.15) is 0 Å². The number of rotatable bonds is 5. The van der Waals surface area contributed by atoms with E-state index in [2.05, 4.69) is 5.32 Å². The summed E-state index contributed by atoms with van der Waals surface area (Å²) in [7, 11) is -3.42. The van der Waals surface area contributed by atoms with Crippen molar-refractivity contribution in [1.82, 2.24) is 4.90 Å². The van der Waals surface area contributed by atoms with Gasteiger partial charge in [-0.15, -0.1) is 0 Å². The average molecular weight is 407 g/mol. The van der Waals surface area contributed by atoms with Gasteiger partial charge in [0.05, 0.1) is 21.5 Å². The Morgan fingerprint density at radius 1 is 1.22 bits per heavy atom. The maximum atomic E-state index is 12.6. The molecule has 1 atom stereocenters. The summed E-state index contributed by atoms with van der Waals surface area (Å²) in [4.78, 5) is 26.5. The van der Waals surface area contributed by atoms with Crippen molar-refractivity contribution < 1.29 is 18.0 Å². The van der Waals surface area contributed by atoms with Crippen LogP contribution < -0.4 is 5.32 Å². The van der Waals surface area contributed by atoms with Crippen LogP contribution >= 0.6 is 11.6 Å². The second-order valence-corrected chi connectivity index (χ2v) is 8.99. The highest BCUT2D eigenvalue weighted by atomic mass is 35.5. The van der Waals surface area contributed by atoms with Crippen LogP contribution in [0.2, 0.25) is 5.02 Å². The SMILES string of the molecule is CS(=O)(=O)c1ccc(Cl)c(NC(=O)[C@@H]2CC(=O)N(Cc3ccccc3)C2)c1. The number of carbonyl (C=O) groups is 2. The second kappa shape index (κ2) is 7.70. The van der Waals surface area contributed by atoms with Gasteiger partial charge in [-0.05, 0) is 23.8 Å². The third-order valence-electron chi connectivity index (χ3n) is 4.43. The molecule has 0 aromatic heterocycles. The van der Waals surface area contributed by atoms with Crippen LogP contribution in [0.3, 0.4) is 0 Å². The lowest BCUT2D eigenvalue weighted by molar-refractivity contribution is -0.128. The molecule has 0 saturated carbocycles. The van der Waals surface area contributed by atoms with Gasteiger partial charge in [0, 0.05) is 25.8 Å². The molecule has 0 unspecified atom stereocenters. The molecule has 142 valence electrons. The molecule has 0 spiro atoms. The molecule has 3 rings (SSSR count). The molecule has 1 saturated heterocycles. The number of hydrogen-bond donors (Lipinski definition) is 1. The van der Waals surface area contributed by atoms with E-state index in [9.17, 15) is 18.0 Å². The topological polar surface area (TPSA) is 83.5 Å². The van der Waals surface area contributed by atoms with Crippen LogP contribution in [0, 0.1) is 5.92 Å². The highest BCUT2D eigenvalue weighted by molar-refractivity contribution is 7.90. The molecule has 1 N–H and O–H groups in total. The third kappa shape index (κ3) is 4.67. The Bertz CT molecular complexity index is 976. The summed E-state index contributed by atoms with van der Waals surface area (Å²) in [6.07, 6.45) is 1.20. The molecule has 6 nitrogen and oxygen atoms in total.